The molecule has 2 heterocycles. The van der Waals surface area contributed by atoms with Crippen LogP contribution in [0.2, 0.25) is 0 Å². The molecular weight excluding hydrogens is 222 g/mol. The van der Waals surface area contributed by atoms with E-state index in [-0.39, 0.29) is 5.91 Å². The fourth-order valence-corrected chi connectivity index (χ4v) is 2.85. The molecule has 0 saturated carbocycles. The molecule has 1 fully saturated rings. The van der Waals surface area contributed by atoms with Gasteiger partial charge in [-0.1, -0.05) is 6.92 Å². The zero-order chi connectivity index (χ0) is 11.4. The number of hydrogen-bond acceptors (Lipinski definition) is 4. The van der Waals surface area contributed by atoms with Crippen molar-refractivity contribution in [2.24, 2.45) is 0 Å². The first-order valence-corrected chi connectivity index (χ1v) is 6.57. The number of nitrogens with one attached hydrogen (secondary N) is 2. The Kier molecular flexibility index (Phi) is 3.90. The third-order valence-electron chi connectivity index (χ3n) is 2.83. The smallest absolute Gasteiger partial charge is 0.225 e. The summed E-state index contributed by atoms with van der Waals surface area (Å²) in [5.41, 5.74) is 0. The predicted octanol–water partition coefficient (Wildman–Crippen LogP) is 1.96. The number of carbonyl (C=O) groups is 1. The Labute approximate surface area is 99.5 Å². The van der Waals surface area contributed by atoms with Crippen LogP contribution in [0, 0.1) is 0 Å². The molecule has 0 spiro atoms. The standard InChI is InChI=1S/C11H17N3OS/c1-2-10(15)14-11-13-7-9(16-11)8-3-5-12-6-4-8/h7-8,12H,2-6H2,1H3,(H,13,14,15). The number of thiazole rings is 1. The van der Waals surface area contributed by atoms with Crippen molar-refractivity contribution in [1.29, 1.82) is 0 Å². The van der Waals surface area contributed by atoms with Gasteiger partial charge in [-0.15, -0.1) is 11.3 Å². The second-order valence-corrected chi connectivity index (χ2v) is 5.06. The summed E-state index contributed by atoms with van der Waals surface area (Å²) in [5, 5.41) is 6.89. The Hall–Kier alpha value is -0.940. The molecular formula is C11H17N3OS. The number of hydrogen-bond donors (Lipinski definition) is 2. The van der Waals surface area contributed by atoms with Gasteiger partial charge in [0.2, 0.25) is 5.91 Å². The van der Waals surface area contributed by atoms with Gasteiger partial charge in [-0.2, -0.15) is 0 Å². The third-order valence-corrected chi connectivity index (χ3v) is 3.91. The highest BCUT2D eigenvalue weighted by molar-refractivity contribution is 7.15. The Morgan fingerprint density at radius 2 is 2.38 bits per heavy atom. The Balaban J connectivity index is 1.98. The lowest BCUT2D eigenvalue weighted by Gasteiger charge is -2.20. The lowest BCUT2D eigenvalue weighted by molar-refractivity contribution is -0.115. The molecule has 0 unspecified atom stereocenters. The topological polar surface area (TPSA) is 54.0 Å². The molecule has 2 N–H and O–H groups in total. The van der Waals surface area contributed by atoms with E-state index in [1.807, 2.05) is 13.1 Å². The minimum atomic E-state index is 0.0335. The first kappa shape index (κ1) is 11.5. The molecule has 2 rings (SSSR count). The third kappa shape index (κ3) is 2.80. The van der Waals surface area contributed by atoms with Crippen molar-refractivity contribution in [3.8, 4) is 0 Å². The normalized spacial score (nSPS) is 17.3. The number of carbonyl (C=O) groups excluding carboxylic acids is 1. The number of nitrogens with zero attached hydrogens (tertiary/aromatic N) is 1. The van der Waals surface area contributed by atoms with Crippen LogP contribution in [-0.4, -0.2) is 24.0 Å². The maximum atomic E-state index is 11.2. The minimum Gasteiger partial charge on any atom is -0.317 e. The molecule has 1 aromatic rings. The number of anilines is 1. The second-order valence-electron chi connectivity index (χ2n) is 3.99. The van der Waals surface area contributed by atoms with Crippen LogP contribution in [0.15, 0.2) is 6.20 Å². The summed E-state index contributed by atoms with van der Waals surface area (Å²) < 4.78 is 0. The van der Waals surface area contributed by atoms with Gasteiger partial charge in [0.1, 0.15) is 0 Å². The van der Waals surface area contributed by atoms with Gasteiger partial charge >= 0.3 is 0 Å². The van der Waals surface area contributed by atoms with Gasteiger partial charge in [0, 0.05) is 17.5 Å². The van der Waals surface area contributed by atoms with Crippen LogP contribution < -0.4 is 10.6 Å². The van der Waals surface area contributed by atoms with Gasteiger partial charge in [-0.05, 0) is 31.8 Å². The van der Waals surface area contributed by atoms with Crippen molar-refractivity contribution in [1.82, 2.24) is 10.3 Å². The largest absolute Gasteiger partial charge is 0.317 e. The summed E-state index contributed by atoms with van der Waals surface area (Å²) in [7, 11) is 0. The highest BCUT2D eigenvalue weighted by atomic mass is 32.1. The molecule has 1 aliphatic rings. The van der Waals surface area contributed by atoms with E-state index in [0.717, 1.165) is 18.2 Å². The second kappa shape index (κ2) is 5.41. The zero-order valence-corrected chi connectivity index (χ0v) is 10.3. The van der Waals surface area contributed by atoms with Gasteiger partial charge in [0.05, 0.1) is 0 Å². The quantitative estimate of drug-likeness (QED) is 0.847. The van der Waals surface area contributed by atoms with E-state index >= 15 is 0 Å². The van der Waals surface area contributed by atoms with Crippen LogP contribution in [0.4, 0.5) is 5.13 Å². The highest BCUT2D eigenvalue weighted by Crippen LogP contribution is 2.31. The first-order chi connectivity index (χ1) is 7.79. The zero-order valence-electron chi connectivity index (χ0n) is 9.45. The summed E-state index contributed by atoms with van der Waals surface area (Å²) in [5.74, 6) is 0.650. The Bertz CT molecular complexity index is 358. The number of rotatable bonds is 3. The predicted molar refractivity (Wildman–Crippen MR) is 65.9 cm³/mol. The van der Waals surface area contributed by atoms with Gasteiger partial charge < -0.3 is 10.6 Å². The van der Waals surface area contributed by atoms with Crippen LogP contribution >= 0.6 is 11.3 Å². The minimum absolute atomic E-state index is 0.0335. The summed E-state index contributed by atoms with van der Waals surface area (Å²) in [6.45, 7) is 4.01. The van der Waals surface area contributed by atoms with Crippen molar-refractivity contribution in [3.63, 3.8) is 0 Å². The molecule has 16 heavy (non-hydrogen) atoms. The molecule has 1 amide bonds. The lowest BCUT2D eigenvalue weighted by atomic mass is 9.97. The fraction of sp³-hybridized carbons (Fsp3) is 0.636. The van der Waals surface area contributed by atoms with Crippen molar-refractivity contribution >= 4 is 22.4 Å². The number of amides is 1. The number of piperidine rings is 1. The Morgan fingerprint density at radius 3 is 3.06 bits per heavy atom. The summed E-state index contributed by atoms with van der Waals surface area (Å²) in [6.07, 6.45) is 4.75. The molecule has 1 aliphatic heterocycles. The van der Waals surface area contributed by atoms with Crippen molar-refractivity contribution < 1.29 is 4.79 Å². The molecule has 1 aromatic heterocycles. The van der Waals surface area contributed by atoms with Gasteiger partial charge in [-0.3, -0.25) is 4.79 Å². The van der Waals surface area contributed by atoms with E-state index in [0.29, 0.717) is 12.3 Å². The fourth-order valence-electron chi connectivity index (χ4n) is 1.85. The molecule has 0 aromatic carbocycles. The SMILES string of the molecule is CCC(=O)Nc1ncc(C2CCNCC2)s1. The van der Waals surface area contributed by atoms with Crippen molar-refractivity contribution in [3.05, 3.63) is 11.1 Å². The van der Waals surface area contributed by atoms with Crippen LogP contribution in [0.1, 0.15) is 37.0 Å². The molecule has 0 bridgehead atoms. The van der Waals surface area contributed by atoms with Crippen LogP contribution in [-0.2, 0) is 4.79 Å². The maximum Gasteiger partial charge on any atom is 0.225 e. The summed E-state index contributed by atoms with van der Waals surface area (Å²) in [6, 6.07) is 0. The van der Waals surface area contributed by atoms with Gasteiger partial charge in [0.25, 0.3) is 0 Å². The van der Waals surface area contributed by atoms with Gasteiger partial charge in [0.15, 0.2) is 5.13 Å². The van der Waals surface area contributed by atoms with E-state index in [1.165, 1.54) is 17.7 Å². The van der Waals surface area contributed by atoms with E-state index in [1.54, 1.807) is 11.3 Å². The van der Waals surface area contributed by atoms with E-state index in [4.69, 9.17) is 0 Å². The molecule has 4 nitrogen and oxygen atoms in total. The molecule has 1 saturated heterocycles. The molecule has 0 radical (unpaired) electrons. The first-order valence-electron chi connectivity index (χ1n) is 5.76. The van der Waals surface area contributed by atoms with Crippen molar-refractivity contribution in [2.45, 2.75) is 32.1 Å². The van der Waals surface area contributed by atoms with E-state index in [2.05, 4.69) is 15.6 Å². The molecule has 5 heteroatoms. The van der Waals surface area contributed by atoms with Crippen LogP contribution in [0.5, 0.6) is 0 Å². The summed E-state index contributed by atoms with van der Waals surface area (Å²) >= 11 is 1.61. The highest BCUT2D eigenvalue weighted by Gasteiger charge is 2.17. The monoisotopic (exact) mass is 239 g/mol. The van der Waals surface area contributed by atoms with E-state index in [9.17, 15) is 4.79 Å². The van der Waals surface area contributed by atoms with E-state index < -0.39 is 0 Å². The summed E-state index contributed by atoms with van der Waals surface area (Å²) in [4.78, 5) is 16.8. The van der Waals surface area contributed by atoms with Gasteiger partial charge in [-0.25, -0.2) is 4.98 Å². The lowest BCUT2D eigenvalue weighted by Crippen LogP contribution is -2.26. The van der Waals surface area contributed by atoms with Crippen LogP contribution in [0.25, 0.3) is 0 Å². The maximum absolute atomic E-state index is 11.2. The number of aromatic nitrogens is 1. The van der Waals surface area contributed by atoms with Crippen LogP contribution in [0.3, 0.4) is 0 Å². The average molecular weight is 239 g/mol. The molecule has 88 valence electrons. The Morgan fingerprint density at radius 1 is 1.62 bits per heavy atom. The molecule has 0 atom stereocenters. The molecule has 0 aliphatic carbocycles. The van der Waals surface area contributed by atoms with Crippen molar-refractivity contribution in [2.75, 3.05) is 18.4 Å². The average Bonchev–Trinajstić information content (AvgIpc) is 2.78.